The molecule has 0 unspecified atom stereocenters. The van der Waals surface area contributed by atoms with E-state index in [1.54, 1.807) is 60.8 Å². The number of hydrogen-bond donors (Lipinski definition) is 3. The third-order valence-corrected chi connectivity index (χ3v) is 5.77. The van der Waals surface area contributed by atoms with Gasteiger partial charge in [0.15, 0.2) is 6.04 Å². The first kappa shape index (κ1) is 22.7. The molecule has 36 heavy (non-hydrogen) atoms. The van der Waals surface area contributed by atoms with Crippen LogP contribution >= 0.6 is 0 Å². The predicted octanol–water partition coefficient (Wildman–Crippen LogP) is 3.70. The fourth-order valence-corrected chi connectivity index (χ4v) is 4.01. The van der Waals surface area contributed by atoms with Gasteiger partial charge in [0.1, 0.15) is 5.69 Å². The number of hydrazone groups is 1. The van der Waals surface area contributed by atoms with Crippen molar-refractivity contribution >= 4 is 39.6 Å². The van der Waals surface area contributed by atoms with Crippen LogP contribution in [0.15, 0.2) is 107 Å². The van der Waals surface area contributed by atoms with E-state index in [1.807, 2.05) is 42.5 Å². The van der Waals surface area contributed by atoms with E-state index >= 15 is 0 Å². The number of carbonyl (C=O) groups excluding carboxylic acids is 2. The van der Waals surface area contributed by atoms with Crippen molar-refractivity contribution in [1.82, 2.24) is 20.9 Å². The van der Waals surface area contributed by atoms with Crippen molar-refractivity contribution in [1.29, 1.82) is 0 Å². The van der Waals surface area contributed by atoms with Crippen LogP contribution < -0.4 is 16.3 Å². The number of carbonyl (C=O) groups is 2. The van der Waals surface area contributed by atoms with E-state index in [4.69, 9.17) is 0 Å². The molecule has 0 aliphatic rings. The van der Waals surface area contributed by atoms with Gasteiger partial charge < -0.3 is 5.32 Å². The number of H-pyrrole nitrogens is 1. The van der Waals surface area contributed by atoms with Crippen LogP contribution in [0, 0.1) is 0 Å². The van der Waals surface area contributed by atoms with Crippen LogP contribution in [0.5, 0.6) is 0 Å². The highest BCUT2D eigenvalue weighted by molar-refractivity contribution is 6.01. The fourth-order valence-electron chi connectivity index (χ4n) is 4.01. The Morgan fingerprint density at radius 3 is 2.28 bits per heavy atom. The van der Waals surface area contributed by atoms with Crippen LogP contribution in [0.25, 0.3) is 21.5 Å². The van der Waals surface area contributed by atoms with Crippen LogP contribution in [-0.4, -0.2) is 28.2 Å². The lowest BCUT2D eigenvalue weighted by Gasteiger charge is -2.18. The molecule has 0 aliphatic heterocycles. The summed E-state index contributed by atoms with van der Waals surface area (Å²) >= 11 is 0. The van der Waals surface area contributed by atoms with Crippen molar-refractivity contribution in [2.75, 3.05) is 0 Å². The van der Waals surface area contributed by atoms with E-state index in [2.05, 4.69) is 26.0 Å². The first-order chi connectivity index (χ1) is 17.6. The Bertz CT molecular complexity index is 1660. The number of hydrogen-bond acceptors (Lipinski definition) is 5. The van der Waals surface area contributed by atoms with Gasteiger partial charge in [-0.1, -0.05) is 78.9 Å². The summed E-state index contributed by atoms with van der Waals surface area (Å²) in [6, 6.07) is 27.7. The third kappa shape index (κ3) is 4.60. The van der Waals surface area contributed by atoms with Crippen LogP contribution in [0.3, 0.4) is 0 Å². The lowest BCUT2D eigenvalue weighted by Crippen LogP contribution is -2.40. The van der Waals surface area contributed by atoms with E-state index < -0.39 is 23.4 Å². The Morgan fingerprint density at radius 1 is 0.806 bits per heavy atom. The van der Waals surface area contributed by atoms with Gasteiger partial charge in [-0.25, -0.2) is 10.5 Å². The molecular weight excluding hydrogens is 454 g/mol. The number of amides is 2. The van der Waals surface area contributed by atoms with Crippen molar-refractivity contribution in [3.8, 4) is 0 Å². The molecule has 5 aromatic rings. The van der Waals surface area contributed by atoms with E-state index in [9.17, 15) is 14.4 Å². The fraction of sp³-hybridized carbons (Fsp3) is 0.0357. The summed E-state index contributed by atoms with van der Waals surface area (Å²) in [5, 5.41) is 16.2. The SMILES string of the molecule is O=C(N[C@@H](C(=O)N/N=C\c1cccc2ccccc12)c1n[nH]c(=O)c2ccccc12)c1ccccc1. The molecule has 0 bridgehead atoms. The average Bonchev–Trinajstić information content (AvgIpc) is 2.93. The lowest BCUT2D eigenvalue weighted by atomic mass is 10.0. The first-order valence-electron chi connectivity index (χ1n) is 11.3. The summed E-state index contributed by atoms with van der Waals surface area (Å²) in [5.41, 5.74) is 3.53. The minimum Gasteiger partial charge on any atom is -0.335 e. The van der Waals surface area contributed by atoms with Gasteiger partial charge >= 0.3 is 0 Å². The molecule has 3 N–H and O–H groups in total. The van der Waals surface area contributed by atoms with Gasteiger partial charge in [0.05, 0.1) is 11.6 Å². The molecule has 2 amide bonds. The summed E-state index contributed by atoms with van der Waals surface area (Å²) in [4.78, 5) is 38.5. The second kappa shape index (κ2) is 10.0. The zero-order valence-corrected chi connectivity index (χ0v) is 19.0. The number of aromatic nitrogens is 2. The molecule has 0 radical (unpaired) electrons. The standard InChI is InChI=1S/C28H21N5O3/c34-26(19-10-2-1-3-11-19)30-25(24-22-15-6-7-16-23(22)27(35)33-31-24)28(36)32-29-17-20-13-8-12-18-9-4-5-14-21(18)20/h1-17,25H,(H,30,34)(H,32,36)(H,33,35)/b29-17-/t25-/m1/s1. The first-order valence-corrected chi connectivity index (χ1v) is 11.3. The van der Waals surface area contributed by atoms with Crippen LogP contribution in [-0.2, 0) is 4.79 Å². The van der Waals surface area contributed by atoms with Crippen molar-refractivity contribution in [3.63, 3.8) is 0 Å². The molecule has 1 aromatic heterocycles. The summed E-state index contributed by atoms with van der Waals surface area (Å²) in [6.07, 6.45) is 1.55. The molecule has 0 spiro atoms. The van der Waals surface area contributed by atoms with Crippen LogP contribution in [0.1, 0.15) is 27.7 Å². The Hall–Kier alpha value is -5.11. The number of nitrogens with one attached hydrogen (secondary N) is 3. The summed E-state index contributed by atoms with van der Waals surface area (Å²) in [6.45, 7) is 0. The second-order valence-electron chi connectivity index (χ2n) is 8.06. The van der Waals surface area contributed by atoms with Crippen molar-refractivity contribution in [3.05, 3.63) is 124 Å². The Labute approximate surface area is 205 Å². The zero-order chi connectivity index (χ0) is 24.9. The monoisotopic (exact) mass is 475 g/mol. The summed E-state index contributed by atoms with van der Waals surface area (Å²) < 4.78 is 0. The maximum absolute atomic E-state index is 13.3. The average molecular weight is 476 g/mol. The molecule has 1 atom stereocenters. The summed E-state index contributed by atoms with van der Waals surface area (Å²) in [5.74, 6) is -1.08. The van der Waals surface area contributed by atoms with Crippen molar-refractivity contribution in [2.45, 2.75) is 6.04 Å². The molecule has 0 aliphatic carbocycles. The van der Waals surface area contributed by atoms with Crippen LogP contribution in [0.4, 0.5) is 0 Å². The highest BCUT2D eigenvalue weighted by atomic mass is 16.2. The molecule has 8 nitrogen and oxygen atoms in total. The van der Waals surface area contributed by atoms with Gasteiger partial charge in [0.25, 0.3) is 17.4 Å². The third-order valence-electron chi connectivity index (χ3n) is 5.77. The van der Waals surface area contributed by atoms with Gasteiger partial charge in [0, 0.05) is 16.5 Å². The normalized spacial score (nSPS) is 12.0. The predicted molar refractivity (Wildman–Crippen MR) is 139 cm³/mol. The maximum atomic E-state index is 13.3. The van der Waals surface area contributed by atoms with E-state index in [-0.39, 0.29) is 5.69 Å². The highest BCUT2D eigenvalue weighted by Gasteiger charge is 2.27. The second-order valence-corrected chi connectivity index (χ2v) is 8.06. The molecule has 176 valence electrons. The molecule has 0 saturated heterocycles. The Kier molecular flexibility index (Phi) is 6.31. The number of fused-ring (bicyclic) bond motifs is 2. The molecule has 5 rings (SSSR count). The van der Waals surface area contributed by atoms with Crippen LogP contribution in [0.2, 0.25) is 0 Å². The number of benzene rings is 4. The lowest BCUT2D eigenvalue weighted by molar-refractivity contribution is -0.123. The quantitative estimate of drug-likeness (QED) is 0.256. The molecule has 8 heteroatoms. The topological polar surface area (TPSA) is 116 Å². The van der Waals surface area contributed by atoms with E-state index in [0.29, 0.717) is 16.3 Å². The van der Waals surface area contributed by atoms with Crippen molar-refractivity contribution in [2.24, 2.45) is 5.10 Å². The van der Waals surface area contributed by atoms with E-state index in [1.165, 1.54) is 0 Å². The Morgan fingerprint density at radius 2 is 1.47 bits per heavy atom. The molecule has 1 heterocycles. The highest BCUT2D eigenvalue weighted by Crippen LogP contribution is 2.21. The van der Waals surface area contributed by atoms with Crippen molar-refractivity contribution < 1.29 is 9.59 Å². The number of nitrogens with zero attached hydrogens (tertiary/aromatic N) is 2. The Balaban J connectivity index is 1.48. The minimum atomic E-state index is -1.22. The molecule has 0 saturated carbocycles. The van der Waals surface area contributed by atoms with Gasteiger partial charge in [-0.15, -0.1) is 0 Å². The smallest absolute Gasteiger partial charge is 0.272 e. The molecule has 0 fully saturated rings. The molecule has 4 aromatic carbocycles. The van der Waals surface area contributed by atoms with Gasteiger partial charge in [-0.3, -0.25) is 14.4 Å². The van der Waals surface area contributed by atoms with Gasteiger partial charge in [-0.05, 0) is 29.0 Å². The van der Waals surface area contributed by atoms with E-state index in [0.717, 1.165) is 16.3 Å². The summed E-state index contributed by atoms with van der Waals surface area (Å²) in [7, 11) is 0. The maximum Gasteiger partial charge on any atom is 0.272 e. The largest absolute Gasteiger partial charge is 0.335 e. The van der Waals surface area contributed by atoms with Gasteiger partial charge in [-0.2, -0.15) is 10.2 Å². The number of rotatable bonds is 6. The minimum absolute atomic E-state index is 0.201. The zero-order valence-electron chi connectivity index (χ0n) is 19.0. The number of aromatic amines is 1. The molecular formula is C28H21N5O3. The van der Waals surface area contributed by atoms with Gasteiger partial charge in [0.2, 0.25) is 0 Å².